The summed E-state index contributed by atoms with van der Waals surface area (Å²) >= 11 is 5.50. The zero-order valence-corrected chi connectivity index (χ0v) is 9.68. The van der Waals surface area contributed by atoms with E-state index >= 15 is 0 Å². The summed E-state index contributed by atoms with van der Waals surface area (Å²) in [6.07, 6.45) is 2.23. The SMILES string of the molecule is CC(CO)C(C)NC(=O)CCCCCl. The fraction of sp³-hybridized carbons (Fsp3) is 0.900. The molecule has 0 rings (SSSR count). The van der Waals surface area contributed by atoms with Gasteiger partial charge in [-0.3, -0.25) is 4.79 Å². The van der Waals surface area contributed by atoms with Gasteiger partial charge in [-0.1, -0.05) is 6.92 Å². The van der Waals surface area contributed by atoms with Gasteiger partial charge in [0.2, 0.25) is 5.91 Å². The van der Waals surface area contributed by atoms with Crippen LogP contribution in [0.15, 0.2) is 0 Å². The lowest BCUT2D eigenvalue weighted by atomic mass is 10.0. The smallest absolute Gasteiger partial charge is 0.220 e. The lowest BCUT2D eigenvalue weighted by molar-refractivity contribution is -0.122. The molecule has 0 fully saturated rings. The summed E-state index contributed by atoms with van der Waals surface area (Å²) in [5, 5.41) is 11.7. The van der Waals surface area contributed by atoms with E-state index in [4.69, 9.17) is 16.7 Å². The molecule has 0 heterocycles. The normalized spacial score (nSPS) is 14.9. The van der Waals surface area contributed by atoms with Crippen LogP contribution in [-0.2, 0) is 4.79 Å². The summed E-state index contributed by atoms with van der Waals surface area (Å²) in [5.41, 5.74) is 0. The molecule has 2 atom stereocenters. The minimum Gasteiger partial charge on any atom is -0.396 e. The van der Waals surface area contributed by atoms with E-state index in [-0.39, 0.29) is 24.5 Å². The van der Waals surface area contributed by atoms with Crippen LogP contribution in [0, 0.1) is 5.92 Å². The van der Waals surface area contributed by atoms with Gasteiger partial charge < -0.3 is 10.4 Å². The van der Waals surface area contributed by atoms with Gasteiger partial charge in [-0.15, -0.1) is 11.6 Å². The van der Waals surface area contributed by atoms with Crippen LogP contribution in [0.2, 0.25) is 0 Å². The summed E-state index contributed by atoms with van der Waals surface area (Å²) in [5.74, 6) is 0.755. The highest BCUT2D eigenvalue weighted by atomic mass is 35.5. The summed E-state index contributed by atoms with van der Waals surface area (Å²) in [7, 11) is 0. The third-order valence-electron chi connectivity index (χ3n) is 2.32. The first-order chi connectivity index (χ1) is 6.61. The minimum atomic E-state index is 0.0310. The average molecular weight is 222 g/mol. The van der Waals surface area contributed by atoms with E-state index in [2.05, 4.69) is 5.32 Å². The highest BCUT2D eigenvalue weighted by Gasteiger charge is 2.13. The van der Waals surface area contributed by atoms with E-state index in [1.54, 1.807) is 0 Å². The number of unbranched alkanes of at least 4 members (excludes halogenated alkanes) is 1. The van der Waals surface area contributed by atoms with Gasteiger partial charge in [0.15, 0.2) is 0 Å². The average Bonchev–Trinajstić information content (AvgIpc) is 2.16. The van der Waals surface area contributed by atoms with Gasteiger partial charge in [-0.25, -0.2) is 0 Å². The Kier molecular flexibility index (Phi) is 7.90. The Bertz CT molecular complexity index is 164. The Labute approximate surface area is 90.8 Å². The third kappa shape index (κ3) is 6.22. The first-order valence-electron chi connectivity index (χ1n) is 5.08. The van der Waals surface area contributed by atoms with E-state index in [0.29, 0.717) is 12.3 Å². The predicted molar refractivity (Wildman–Crippen MR) is 58.4 cm³/mol. The Morgan fingerprint density at radius 3 is 2.57 bits per heavy atom. The quantitative estimate of drug-likeness (QED) is 0.506. The summed E-state index contributed by atoms with van der Waals surface area (Å²) < 4.78 is 0. The van der Waals surface area contributed by atoms with Crippen molar-refractivity contribution in [3.8, 4) is 0 Å². The fourth-order valence-electron chi connectivity index (χ4n) is 1.01. The van der Waals surface area contributed by atoms with Crippen LogP contribution in [0.5, 0.6) is 0 Å². The monoisotopic (exact) mass is 221 g/mol. The lowest BCUT2D eigenvalue weighted by Gasteiger charge is -2.19. The fourth-order valence-corrected chi connectivity index (χ4v) is 1.20. The molecular formula is C10H20ClNO2. The predicted octanol–water partition coefficient (Wildman–Crippen LogP) is 1.53. The Morgan fingerprint density at radius 2 is 2.07 bits per heavy atom. The van der Waals surface area contributed by atoms with Crippen molar-refractivity contribution in [1.82, 2.24) is 5.32 Å². The van der Waals surface area contributed by atoms with E-state index < -0.39 is 0 Å². The summed E-state index contributed by atoms with van der Waals surface area (Å²) in [6.45, 7) is 3.91. The van der Waals surface area contributed by atoms with E-state index in [1.807, 2.05) is 13.8 Å². The molecule has 0 radical (unpaired) electrons. The van der Waals surface area contributed by atoms with Crippen molar-refractivity contribution in [2.45, 2.75) is 39.2 Å². The van der Waals surface area contributed by atoms with Crippen LogP contribution in [0.25, 0.3) is 0 Å². The topological polar surface area (TPSA) is 49.3 Å². The molecular weight excluding hydrogens is 202 g/mol. The second-order valence-electron chi connectivity index (χ2n) is 3.66. The number of carbonyl (C=O) groups excluding carboxylic acids is 1. The molecule has 14 heavy (non-hydrogen) atoms. The Balaban J connectivity index is 3.60. The zero-order chi connectivity index (χ0) is 11.0. The zero-order valence-electron chi connectivity index (χ0n) is 8.92. The molecule has 0 saturated carbocycles. The summed E-state index contributed by atoms with van der Waals surface area (Å²) in [6, 6.07) is 0.0310. The molecule has 1 amide bonds. The maximum Gasteiger partial charge on any atom is 0.220 e. The van der Waals surface area contributed by atoms with Crippen molar-refractivity contribution in [3.05, 3.63) is 0 Å². The van der Waals surface area contributed by atoms with Gasteiger partial charge in [0.05, 0.1) is 0 Å². The molecule has 0 aromatic rings. The Morgan fingerprint density at radius 1 is 1.43 bits per heavy atom. The number of halogens is 1. The maximum absolute atomic E-state index is 11.3. The molecule has 3 nitrogen and oxygen atoms in total. The first kappa shape index (κ1) is 13.7. The number of hydrogen-bond acceptors (Lipinski definition) is 2. The number of rotatable bonds is 7. The number of alkyl halides is 1. The molecule has 0 saturated heterocycles. The molecule has 0 aliphatic rings. The molecule has 4 heteroatoms. The summed E-state index contributed by atoms with van der Waals surface area (Å²) in [4.78, 5) is 11.3. The molecule has 0 aliphatic carbocycles. The van der Waals surface area contributed by atoms with Crippen LogP contribution in [0.3, 0.4) is 0 Å². The van der Waals surface area contributed by atoms with Crippen LogP contribution < -0.4 is 5.32 Å². The van der Waals surface area contributed by atoms with Crippen molar-refractivity contribution in [3.63, 3.8) is 0 Å². The number of hydrogen-bond donors (Lipinski definition) is 2. The third-order valence-corrected chi connectivity index (χ3v) is 2.58. The second-order valence-corrected chi connectivity index (χ2v) is 4.04. The van der Waals surface area contributed by atoms with Crippen molar-refractivity contribution < 1.29 is 9.90 Å². The van der Waals surface area contributed by atoms with Crippen molar-refractivity contribution in [2.24, 2.45) is 5.92 Å². The van der Waals surface area contributed by atoms with Crippen LogP contribution in [-0.4, -0.2) is 29.5 Å². The van der Waals surface area contributed by atoms with E-state index in [0.717, 1.165) is 12.8 Å². The standard InChI is InChI=1S/C10H20ClNO2/c1-8(7-13)9(2)12-10(14)5-3-4-6-11/h8-9,13H,3-7H2,1-2H3,(H,12,14). The maximum atomic E-state index is 11.3. The largest absolute Gasteiger partial charge is 0.396 e. The van der Waals surface area contributed by atoms with Gasteiger partial charge in [0.25, 0.3) is 0 Å². The lowest BCUT2D eigenvalue weighted by Crippen LogP contribution is -2.38. The van der Waals surface area contributed by atoms with Crippen LogP contribution >= 0.6 is 11.6 Å². The van der Waals surface area contributed by atoms with Gasteiger partial charge in [-0.2, -0.15) is 0 Å². The minimum absolute atomic E-state index is 0.0310. The van der Waals surface area contributed by atoms with Crippen molar-refractivity contribution in [1.29, 1.82) is 0 Å². The number of aliphatic hydroxyl groups is 1. The highest BCUT2D eigenvalue weighted by Crippen LogP contribution is 2.02. The number of carbonyl (C=O) groups is 1. The van der Waals surface area contributed by atoms with E-state index in [9.17, 15) is 4.79 Å². The molecule has 0 bridgehead atoms. The number of nitrogens with one attached hydrogen (secondary N) is 1. The molecule has 0 aliphatic heterocycles. The highest BCUT2D eigenvalue weighted by molar-refractivity contribution is 6.17. The molecule has 2 unspecified atom stereocenters. The van der Waals surface area contributed by atoms with Gasteiger partial charge in [-0.05, 0) is 25.7 Å². The van der Waals surface area contributed by atoms with Gasteiger partial charge in [0, 0.05) is 24.9 Å². The Hall–Kier alpha value is -0.280. The molecule has 0 aromatic heterocycles. The van der Waals surface area contributed by atoms with E-state index in [1.165, 1.54) is 0 Å². The van der Waals surface area contributed by atoms with Crippen LogP contribution in [0.4, 0.5) is 0 Å². The number of amides is 1. The van der Waals surface area contributed by atoms with Gasteiger partial charge >= 0.3 is 0 Å². The van der Waals surface area contributed by atoms with Gasteiger partial charge in [0.1, 0.15) is 0 Å². The van der Waals surface area contributed by atoms with Crippen LogP contribution in [0.1, 0.15) is 33.1 Å². The first-order valence-corrected chi connectivity index (χ1v) is 5.61. The molecule has 84 valence electrons. The molecule has 0 spiro atoms. The van der Waals surface area contributed by atoms with Crippen molar-refractivity contribution in [2.75, 3.05) is 12.5 Å². The molecule has 2 N–H and O–H groups in total. The second kappa shape index (κ2) is 8.06. The molecule has 0 aromatic carbocycles. The van der Waals surface area contributed by atoms with Crippen molar-refractivity contribution >= 4 is 17.5 Å². The number of aliphatic hydroxyl groups excluding tert-OH is 1.